The highest BCUT2D eigenvalue weighted by atomic mass is 16.5. The molecule has 0 aliphatic rings. The third-order valence-electron chi connectivity index (χ3n) is 4.08. The molecule has 0 fully saturated rings. The molecule has 2 atom stereocenters. The molecular weight excluding hydrogens is 290 g/mol. The number of quaternary nitrogens is 1. The quantitative estimate of drug-likeness (QED) is 0.548. The molecule has 1 rings (SSSR count). The molecule has 0 amide bonds. The zero-order chi connectivity index (χ0) is 16.9. The van der Waals surface area contributed by atoms with Gasteiger partial charge >= 0.3 is 0 Å². The molecule has 1 aromatic carbocycles. The van der Waals surface area contributed by atoms with Crippen LogP contribution in [0, 0.1) is 0 Å². The summed E-state index contributed by atoms with van der Waals surface area (Å²) in [5, 5.41) is 12.2. The summed E-state index contributed by atoms with van der Waals surface area (Å²) >= 11 is 0. The first kappa shape index (κ1) is 19.9. The van der Waals surface area contributed by atoms with E-state index in [9.17, 15) is 5.11 Å². The van der Waals surface area contributed by atoms with Crippen LogP contribution in [0.5, 0.6) is 5.75 Å². The smallest absolute Gasteiger partial charge is 0.126 e. The van der Waals surface area contributed by atoms with Crippen LogP contribution in [0.25, 0.3) is 0 Å². The van der Waals surface area contributed by atoms with E-state index in [0.717, 1.165) is 11.3 Å². The van der Waals surface area contributed by atoms with E-state index in [1.54, 1.807) is 7.11 Å². The first-order chi connectivity index (χ1) is 11.2. The van der Waals surface area contributed by atoms with E-state index < -0.39 is 6.10 Å². The number of rotatable bonds is 13. The van der Waals surface area contributed by atoms with Crippen LogP contribution in [0.15, 0.2) is 24.3 Å². The fourth-order valence-electron chi connectivity index (χ4n) is 2.60. The minimum absolute atomic E-state index is 0.358. The van der Waals surface area contributed by atoms with E-state index >= 15 is 0 Å². The zero-order valence-corrected chi connectivity index (χ0v) is 15.0. The summed E-state index contributed by atoms with van der Waals surface area (Å²) in [7, 11) is 1.66. The lowest BCUT2D eigenvalue weighted by Crippen LogP contribution is -2.91. The van der Waals surface area contributed by atoms with Crippen molar-refractivity contribution in [1.29, 1.82) is 0 Å². The standard InChI is InChI=1S/C19H33NO3/c1-4-5-6-7-10-16(2)20-13-18(21)15-23-14-17-11-8-9-12-19(17)22-3/h8-9,11-12,16,18,20-21H,4-7,10,13-15H2,1-3H3/p+1/t16-,18+/m0/s1. The molecule has 1 aromatic rings. The second-order valence-corrected chi connectivity index (χ2v) is 6.28. The van der Waals surface area contributed by atoms with Crippen molar-refractivity contribution in [2.45, 2.75) is 64.7 Å². The monoisotopic (exact) mass is 324 g/mol. The van der Waals surface area contributed by atoms with E-state index in [1.807, 2.05) is 24.3 Å². The van der Waals surface area contributed by atoms with E-state index in [1.165, 1.54) is 32.1 Å². The summed E-state index contributed by atoms with van der Waals surface area (Å²) < 4.78 is 10.9. The molecular formula is C19H34NO3+. The maximum absolute atomic E-state index is 10.0. The average molecular weight is 324 g/mol. The Balaban J connectivity index is 2.13. The Labute approximate surface area is 141 Å². The van der Waals surface area contributed by atoms with Gasteiger partial charge in [0, 0.05) is 5.56 Å². The van der Waals surface area contributed by atoms with E-state index in [2.05, 4.69) is 19.2 Å². The summed E-state index contributed by atoms with van der Waals surface area (Å²) in [6.45, 7) is 5.98. The van der Waals surface area contributed by atoms with Gasteiger partial charge in [-0.15, -0.1) is 0 Å². The van der Waals surface area contributed by atoms with Crippen molar-refractivity contribution in [2.75, 3.05) is 20.3 Å². The largest absolute Gasteiger partial charge is 0.496 e. The van der Waals surface area contributed by atoms with Gasteiger partial charge in [-0.25, -0.2) is 0 Å². The first-order valence-corrected chi connectivity index (χ1v) is 8.88. The highest BCUT2D eigenvalue weighted by Gasteiger charge is 2.11. The minimum atomic E-state index is -0.428. The summed E-state index contributed by atoms with van der Waals surface area (Å²) in [6.07, 6.45) is 6.00. The molecule has 0 radical (unpaired) electrons. The first-order valence-electron chi connectivity index (χ1n) is 8.88. The van der Waals surface area contributed by atoms with Crippen LogP contribution in [0.4, 0.5) is 0 Å². The molecule has 0 bridgehead atoms. The third kappa shape index (κ3) is 8.94. The number of nitrogens with two attached hydrogens (primary N) is 1. The molecule has 0 aliphatic heterocycles. The summed E-state index contributed by atoms with van der Waals surface area (Å²) in [5.41, 5.74) is 1.01. The molecule has 4 nitrogen and oxygen atoms in total. The van der Waals surface area contributed by atoms with Crippen LogP contribution in [0.1, 0.15) is 51.5 Å². The number of para-hydroxylation sites is 1. The maximum atomic E-state index is 10.0. The van der Waals surface area contributed by atoms with Crippen molar-refractivity contribution < 1.29 is 19.9 Å². The van der Waals surface area contributed by atoms with E-state index in [4.69, 9.17) is 9.47 Å². The van der Waals surface area contributed by atoms with Gasteiger partial charge in [-0.3, -0.25) is 0 Å². The number of benzene rings is 1. The van der Waals surface area contributed by atoms with Crippen LogP contribution in [-0.2, 0) is 11.3 Å². The van der Waals surface area contributed by atoms with Crippen LogP contribution in [-0.4, -0.2) is 37.5 Å². The predicted octanol–water partition coefficient (Wildman–Crippen LogP) is 2.50. The molecule has 4 heteroatoms. The number of aliphatic hydroxyl groups excluding tert-OH is 1. The van der Waals surface area contributed by atoms with Gasteiger partial charge in [0.15, 0.2) is 0 Å². The second kappa shape index (κ2) is 12.3. The molecule has 0 aliphatic carbocycles. The lowest BCUT2D eigenvalue weighted by Gasteiger charge is -2.15. The zero-order valence-electron chi connectivity index (χ0n) is 15.0. The Morgan fingerprint density at radius 2 is 1.96 bits per heavy atom. The molecule has 3 N–H and O–H groups in total. The van der Waals surface area contributed by atoms with E-state index in [-0.39, 0.29) is 0 Å². The fraction of sp³-hybridized carbons (Fsp3) is 0.684. The lowest BCUT2D eigenvalue weighted by atomic mass is 10.1. The van der Waals surface area contributed by atoms with Crippen molar-refractivity contribution in [3.05, 3.63) is 29.8 Å². The fourth-order valence-corrected chi connectivity index (χ4v) is 2.60. The molecule has 0 heterocycles. The van der Waals surface area contributed by atoms with Gasteiger partial charge in [0.25, 0.3) is 0 Å². The molecule has 0 saturated heterocycles. The summed E-state index contributed by atoms with van der Waals surface area (Å²) in [4.78, 5) is 0. The maximum Gasteiger partial charge on any atom is 0.126 e. The molecule has 23 heavy (non-hydrogen) atoms. The average Bonchev–Trinajstić information content (AvgIpc) is 2.57. The Morgan fingerprint density at radius 1 is 1.17 bits per heavy atom. The third-order valence-corrected chi connectivity index (χ3v) is 4.08. The number of unbranched alkanes of at least 4 members (excludes halogenated alkanes) is 3. The topological polar surface area (TPSA) is 55.3 Å². The second-order valence-electron chi connectivity index (χ2n) is 6.28. The van der Waals surface area contributed by atoms with E-state index in [0.29, 0.717) is 25.8 Å². The normalized spacial score (nSPS) is 13.7. The van der Waals surface area contributed by atoms with Crippen LogP contribution < -0.4 is 10.1 Å². The molecule has 0 saturated carbocycles. The Hall–Kier alpha value is -1.10. The van der Waals surface area contributed by atoms with Crippen molar-refractivity contribution >= 4 is 0 Å². The predicted molar refractivity (Wildman–Crippen MR) is 93.7 cm³/mol. The highest BCUT2D eigenvalue weighted by molar-refractivity contribution is 5.32. The molecule has 0 aromatic heterocycles. The Morgan fingerprint density at radius 3 is 2.70 bits per heavy atom. The van der Waals surface area contributed by atoms with Crippen molar-refractivity contribution in [3.63, 3.8) is 0 Å². The number of methoxy groups -OCH3 is 1. The van der Waals surface area contributed by atoms with Gasteiger partial charge < -0.3 is 19.9 Å². The van der Waals surface area contributed by atoms with Crippen LogP contribution in [0.3, 0.4) is 0 Å². The van der Waals surface area contributed by atoms with Gasteiger partial charge in [0.1, 0.15) is 18.4 Å². The number of hydrogen-bond donors (Lipinski definition) is 2. The minimum Gasteiger partial charge on any atom is -0.496 e. The lowest BCUT2D eigenvalue weighted by molar-refractivity contribution is -0.692. The van der Waals surface area contributed by atoms with Gasteiger partial charge in [-0.05, 0) is 25.8 Å². The van der Waals surface area contributed by atoms with Gasteiger partial charge in [-0.1, -0.05) is 44.4 Å². The van der Waals surface area contributed by atoms with Gasteiger partial charge in [0.2, 0.25) is 0 Å². The van der Waals surface area contributed by atoms with Gasteiger partial charge in [0.05, 0.1) is 26.4 Å². The molecule has 132 valence electrons. The Kier molecular flexibility index (Phi) is 10.7. The number of aliphatic hydroxyl groups is 1. The Bertz CT molecular complexity index is 411. The highest BCUT2D eigenvalue weighted by Crippen LogP contribution is 2.17. The van der Waals surface area contributed by atoms with Gasteiger partial charge in [-0.2, -0.15) is 0 Å². The SMILES string of the molecule is CCCCCC[C@H](C)[NH2+]C[C@@H](O)COCc1ccccc1OC. The van der Waals surface area contributed by atoms with Crippen molar-refractivity contribution in [2.24, 2.45) is 0 Å². The molecule has 0 spiro atoms. The summed E-state index contributed by atoms with van der Waals surface area (Å²) in [6, 6.07) is 8.37. The van der Waals surface area contributed by atoms with Crippen molar-refractivity contribution in [1.82, 2.24) is 0 Å². The van der Waals surface area contributed by atoms with Crippen LogP contribution in [0.2, 0.25) is 0 Å². The molecule has 0 unspecified atom stereocenters. The summed E-state index contributed by atoms with van der Waals surface area (Å²) in [5.74, 6) is 0.828. The van der Waals surface area contributed by atoms with Crippen LogP contribution >= 0.6 is 0 Å². The number of ether oxygens (including phenoxy) is 2. The number of hydrogen-bond acceptors (Lipinski definition) is 3. The van der Waals surface area contributed by atoms with Crippen molar-refractivity contribution in [3.8, 4) is 5.75 Å².